The Kier molecular flexibility index (Phi) is 6.10. The quantitative estimate of drug-likeness (QED) is 0.713. The molecule has 0 radical (unpaired) electrons. The molecule has 0 aliphatic heterocycles. The minimum Gasteiger partial charge on any atom is -0.382 e. The monoisotopic (exact) mass is 303 g/mol. The molecular weight excluding hydrogens is 274 g/mol. The molecule has 2 heteroatoms. The summed E-state index contributed by atoms with van der Waals surface area (Å²) < 4.78 is 0. The maximum absolute atomic E-state index is 4.33. The minimum absolute atomic E-state index is 0.669. The number of hydrogen-bond acceptors (Lipinski definition) is 2. The number of thiophene rings is 1. The Morgan fingerprint density at radius 2 is 1.86 bits per heavy atom. The normalized spacial score (nSPS) is 17.6. The van der Waals surface area contributed by atoms with Crippen LogP contribution in [0.15, 0.2) is 19.2 Å². The van der Waals surface area contributed by atoms with Gasteiger partial charge in [0, 0.05) is 27.1 Å². The van der Waals surface area contributed by atoms with E-state index in [1.54, 1.807) is 16.5 Å². The molecule has 2 aliphatic carbocycles. The molecule has 1 N–H and O–H groups in total. The Morgan fingerprint density at radius 1 is 1.19 bits per heavy atom. The molecular formula is C19H29NS. The second-order valence-corrected chi connectivity index (χ2v) is 7.46. The second-order valence-electron chi connectivity index (χ2n) is 6.15. The van der Waals surface area contributed by atoms with Crippen molar-refractivity contribution < 1.29 is 0 Å². The van der Waals surface area contributed by atoms with Crippen LogP contribution in [-0.2, 0) is 12.8 Å². The predicted molar refractivity (Wildman–Crippen MR) is 96.0 cm³/mol. The molecule has 1 aromatic rings. The molecule has 0 saturated heterocycles. The maximum atomic E-state index is 4.33. The zero-order chi connectivity index (χ0) is 15.2. The van der Waals surface area contributed by atoms with Crippen molar-refractivity contribution in [1.29, 1.82) is 0 Å². The van der Waals surface area contributed by atoms with Crippen molar-refractivity contribution in [3.8, 4) is 0 Å². The van der Waals surface area contributed by atoms with Crippen molar-refractivity contribution in [2.75, 3.05) is 0 Å². The number of nitrogens with one attached hydrogen (secondary N) is 1. The maximum Gasteiger partial charge on any atom is 0.0356 e. The van der Waals surface area contributed by atoms with Crippen LogP contribution in [0, 0.1) is 6.92 Å². The Bertz CT molecular complexity index is 492. The fourth-order valence-corrected chi connectivity index (χ4v) is 4.79. The molecule has 0 bridgehead atoms. The first-order valence-corrected chi connectivity index (χ1v) is 9.13. The fraction of sp³-hybridized carbons (Fsp3) is 0.579. The largest absolute Gasteiger partial charge is 0.382 e. The van der Waals surface area contributed by atoms with Crippen molar-refractivity contribution in [2.45, 2.75) is 71.3 Å². The summed E-state index contributed by atoms with van der Waals surface area (Å²) in [6, 6.07) is 0.669. The highest BCUT2D eigenvalue weighted by Gasteiger charge is 2.23. The minimum atomic E-state index is 0.669. The lowest BCUT2D eigenvalue weighted by Crippen LogP contribution is -2.29. The molecule has 0 amide bonds. The van der Waals surface area contributed by atoms with Crippen LogP contribution < -0.4 is 5.32 Å². The topological polar surface area (TPSA) is 12.0 Å². The van der Waals surface area contributed by atoms with E-state index in [4.69, 9.17) is 0 Å². The van der Waals surface area contributed by atoms with E-state index in [1.165, 1.54) is 67.5 Å². The van der Waals surface area contributed by atoms with Gasteiger partial charge >= 0.3 is 0 Å². The fourth-order valence-electron chi connectivity index (χ4n) is 3.50. The molecule has 1 saturated carbocycles. The summed E-state index contributed by atoms with van der Waals surface area (Å²) in [5.41, 5.74) is 4.25. The highest BCUT2D eigenvalue weighted by Crippen LogP contribution is 2.38. The molecule has 116 valence electrons. The molecule has 1 aromatic heterocycles. The number of hydrogen-bond donors (Lipinski definition) is 1. The Morgan fingerprint density at radius 3 is 2.52 bits per heavy atom. The van der Waals surface area contributed by atoms with E-state index < -0.39 is 0 Å². The van der Waals surface area contributed by atoms with Gasteiger partial charge in [-0.2, -0.15) is 0 Å². The SMILES string of the molecule is C=C(NC1CCCCC1)c1c(C)sc2c1CCC2.C=CC. The van der Waals surface area contributed by atoms with Crippen LogP contribution in [0.3, 0.4) is 0 Å². The summed E-state index contributed by atoms with van der Waals surface area (Å²) in [6.07, 6.45) is 12.5. The third-order valence-corrected chi connectivity index (χ3v) is 5.59. The Balaban J connectivity index is 0.000000497. The van der Waals surface area contributed by atoms with Crippen LogP contribution in [0.5, 0.6) is 0 Å². The average Bonchev–Trinajstić information content (AvgIpc) is 3.00. The summed E-state index contributed by atoms with van der Waals surface area (Å²) in [5, 5.41) is 3.70. The third kappa shape index (κ3) is 4.00. The van der Waals surface area contributed by atoms with Crippen LogP contribution in [0.1, 0.15) is 66.3 Å². The molecule has 21 heavy (non-hydrogen) atoms. The zero-order valence-corrected chi connectivity index (χ0v) is 14.5. The number of fused-ring (bicyclic) bond motifs is 1. The van der Waals surface area contributed by atoms with Crippen molar-refractivity contribution in [2.24, 2.45) is 0 Å². The first kappa shape index (κ1) is 16.4. The van der Waals surface area contributed by atoms with E-state index in [-0.39, 0.29) is 0 Å². The van der Waals surface area contributed by atoms with Crippen molar-refractivity contribution >= 4 is 17.0 Å². The van der Waals surface area contributed by atoms with E-state index in [2.05, 4.69) is 25.4 Å². The summed E-state index contributed by atoms with van der Waals surface area (Å²) in [5.74, 6) is 0. The summed E-state index contributed by atoms with van der Waals surface area (Å²) in [7, 11) is 0. The zero-order valence-electron chi connectivity index (χ0n) is 13.6. The van der Waals surface area contributed by atoms with Crippen LogP contribution in [0.2, 0.25) is 0 Å². The lowest BCUT2D eigenvalue weighted by molar-refractivity contribution is 0.409. The van der Waals surface area contributed by atoms with E-state index in [0.29, 0.717) is 6.04 Å². The van der Waals surface area contributed by atoms with Gasteiger partial charge in [-0.15, -0.1) is 17.9 Å². The third-order valence-electron chi connectivity index (χ3n) is 4.38. The molecule has 0 aromatic carbocycles. The van der Waals surface area contributed by atoms with Crippen molar-refractivity contribution in [3.63, 3.8) is 0 Å². The van der Waals surface area contributed by atoms with Gasteiger partial charge in [0.15, 0.2) is 0 Å². The predicted octanol–water partition coefficient (Wildman–Crippen LogP) is 5.63. The molecule has 1 nitrogen and oxygen atoms in total. The van der Waals surface area contributed by atoms with Crippen LogP contribution >= 0.6 is 11.3 Å². The lowest BCUT2D eigenvalue weighted by atomic mass is 9.94. The van der Waals surface area contributed by atoms with Gasteiger partial charge in [0.25, 0.3) is 0 Å². The lowest BCUT2D eigenvalue weighted by Gasteiger charge is -2.25. The van der Waals surface area contributed by atoms with Crippen LogP contribution in [0.25, 0.3) is 5.70 Å². The van der Waals surface area contributed by atoms with E-state index >= 15 is 0 Å². The van der Waals surface area contributed by atoms with Gasteiger partial charge in [-0.1, -0.05) is 31.9 Å². The molecule has 1 heterocycles. The van der Waals surface area contributed by atoms with Crippen LogP contribution in [0.4, 0.5) is 0 Å². The molecule has 0 atom stereocenters. The van der Waals surface area contributed by atoms with Gasteiger partial charge in [-0.3, -0.25) is 0 Å². The first-order chi connectivity index (χ1) is 10.2. The van der Waals surface area contributed by atoms with E-state index in [0.717, 1.165) is 0 Å². The summed E-state index contributed by atoms with van der Waals surface area (Å²) >= 11 is 1.99. The second kappa shape index (κ2) is 7.84. The number of allylic oxidation sites excluding steroid dienone is 1. The average molecular weight is 304 g/mol. The van der Waals surface area contributed by atoms with Gasteiger partial charge in [0.1, 0.15) is 0 Å². The number of aryl methyl sites for hydroxylation is 2. The van der Waals surface area contributed by atoms with E-state index in [1.807, 2.05) is 18.3 Å². The van der Waals surface area contributed by atoms with Gasteiger partial charge < -0.3 is 5.32 Å². The van der Waals surface area contributed by atoms with Gasteiger partial charge in [-0.25, -0.2) is 0 Å². The molecule has 3 rings (SSSR count). The van der Waals surface area contributed by atoms with Crippen LogP contribution in [-0.4, -0.2) is 6.04 Å². The van der Waals surface area contributed by atoms with Gasteiger partial charge in [0.2, 0.25) is 0 Å². The van der Waals surface area contributed by atoms with Crippen molar-refractivity contribution in [3.05, 3.63) is 40.1 Å². The molecule has 1 fully saturated rings. The highest BCUT2D eigenvalue weighted by molar-refractivity contribution is 7.12. The van der Waals surface area contributed by atoms with Gasteiger partial charge in [-0.05, 0) is 51.5 Å². The standard InChI is InChI=1S/C16H23NS.C3H6/c1-11(17-13-7-4-3-5-8-13)16-12(2)18-15-10-6-9-14(15)16;1-3-2/h13,17H,1,3-10H2,2H3;3H,1H2,2H3. The summed E-state index contributed by atoms with van der Waals surface area (Å²) in [6.45, 7) is 11.8. The molecule has 0 spiro atoms. The highest BCUT2D eigenvalue weighted by atomic mass is 32.1. The molecule has 0 unspecified atom stereocenters. The summed E-state index contributed by atoms with van der Waals surface area (Å²) in [4.78, 5) is 3.09. The van der Waals surface area contributed by atoms with Gasteiger partial charge in [0.05, 0.1) is 0 Å². The van der Waals surface area contributed by atoms with E-state index in [9.17, 15) is 0 Å². The first-order valence-electron chi connectivity index (χ1n) is 8.31. The Hall–Kier alpha value is -1.02. The van der Waals surface area contributed by atoms with Crippen molar-refractivity contribution in [1.82, 2.24) is 5.32 Å². The Labute approximate surface area is 134 Å². The molecule has 2 aliphatic rings. The smallest absolute Gasteiger partial charge is 0.0356 e. The number of rotatable bonds is 3.